The van der Waals surface area contributed by atoms with Crippen LogP contribution < -0.4 is 0 Å². The van der Waals surface area contributed by atoms with Crippen molar-refractivity contribution in [3.63, 3.8) is 0 Å². The molecule has 102 valence electrons. The van der Waals surface area contributed by atoms with E-state index in [9.17, 15) is 18.3 Å². The van der Waals surface area contributed by atoms with Gasteiger partial charge in [-0.25, -0.2) is 0 Å². The van der Waals surface area contributed by atoms with E-state index in [4.69, 9.17) is 4.42 Å². The van der Waals surface area contributed by atoms with Crippen molar-refractivity contribution in [1.29, 1.82) is 0 Å². The molecule has 2 rings (SSSR count). The number of halogens is 3. The van der Waals surface area contributed by atoms with Gasteiger partial charge in [0.05, 0.1) is 18.1 Å². The zero-order valence-corrected chi connectivity index (χ0v) is 9.98. The van der Waals surface area contributed by atoms with Crippen LogP contribution in [-0.4, -0.2) is 15.3 Å². The third kappa shape index (κ3) is 3.31. The third-order valence-electron chi connectivity index (χ3n) is 2.56. The lowest BCUT2D eigenvalue weighted by Gasteiger charge is -2.11. The number of aliphatic hydroxyl groups excluding tert-OH is 1. The highest BCUT2D eigenvalue weighted by Crippen LogP contribution is 2.30. The monoisotopic (exact) mass is 272 g/mol. The lowest BCUT2D eigenvalue weighted by molar-refractivity contribution is -0.137. The van der Waals surface area contributed by atoms with E-state index >= 15 is 0 Å². The fraction of sp³-hybridized carbons (Fsp3) is 0.333. The minimum atomic E-state index is -4.38. The van der Waals surface area contributed by atoms with Gasteiger partial charge >= 0.3 is 6.18 Å². The molecule has 0 saturated carbocycles. The summed E-state index contributed by atoms with van der Waals surface area (Å²) in [4.78, 5) is 0. The van der Waals surface area contributed by atoms with Crippen molar-refractivity contribution in [3.8, 4) is 0 Å². The molecule has 0 amide bonds. The standard InChI is InChI=1S/C12H11F3N2O2/c1-7-16-17-11(19-7)6-10(18)8-2-4-9(5-3-8)12(13,14)15/h2-5,10,18H,6H2,1H3/t10-/m0/s1. The van der Waals surface area contributed by atoms with Crippen LogP contribution in [0.2, 0.25) is 0 Å². The molecule has 0 saturated heterocycles. The van der Waals surface area contributed by atoms with Crippen LogP contribution in [0.25, 0.3) is 0 Å². The number of hydrogen-bond acceptors (Lipinski definition) is 4. The van der Waals surface area contributed by atoms with Gasteiger partial charge in [0, 0.05) is 6.92 Å². The topological polar surface area (TPSA) is 59.2 Å². The first-order valence-electron chi connectivity index (χ1n) is 5.50. The molecule has 1 atom stereocenters. The van der Waals surface area contributed by atoms with Gasteiger partial charge in [-0.3, -0.25) is 0 Å². The number of alkyl halides is 3. The van der Waals surface area contributed by atoms with E-state index in [0.29, 0.717) is 11.5 Å². The molecular formula is C12H11F3N2O2. The lowest BCUT2D eigenvalue weighted by Crippen LogP contribution is -2.06. The van der Waals surface area contributed by atoms with Gasteiger partial charge in [-0.15, -0.1) is 10.2 Å². The van der Waals surface area contributed by atoms with Crippen molar-refractivity contribution < 1.29 is 22.7 Å². The molecular weight excluding hydrogens is 261 g/mol. The number of benzene rings is 1. The second kappa shape index (κ2) is 5.00. The fourth-order valence-electron chi connectivity index (χ4n) is 1.60. The Morgan fingerprint density at radius 2 is 1.84 bits per heavy atom. The summed E-state index contributed by atoms with van der Waals surface area (Å²) in [7, 11) is 0. The molecule has 0 aliphatic rings. The summed E-state index contributed by atoms with van der Waals surface area (Å²) in [6.07, 6.45) is -5.30. The maximum atomic E-state index is 12.4. The van der Waals surface area contributed by atoms with Crippen LogP contribution in [0.15, 0.2) is 28.7 Å². The average Bonchev–Trinajstić information content (AvgIpc) is 2.74. The van der Waals surface area contributed by atoms with E-state index in [1.807, 2.05) is 0 Å². The van der Waals surface area contributed by atoms with Gasteiger partial charge in [-0.2, -0.15) is 13.2 Å². The van der Waals surface area contributed by atoms with E-state index in [2.05, 4.69) is 10.2 Å². The third-order valence-corrected chi connectivity index (χ3v) is 2.56. The van der Waals surface area contributed by atoms with E-state index in [0.717, 1.165) is 12.1 Å². The summed E-state index contributed by atoms with van der Waals surface area (Å²) < 4.78 is 42.2. The highest BCUT2D eigenvalue weighted by molar-refractivity contribution is 5.26. The summed E-state index contributed by atoms with van der Waals surface area (Å²) >= 11 is 0. The number of aromatic nitrogens is 2. The van der Waals surface area contributed by atoms with E-state index < -0.39 is 17.8 Å². The van der Waals surface area contributed by atoms with Gasteiger partial charge in [0.2, 0.25) is 11.8 Å². The maximum Gasteiger partial charge on any atom is 0.416 e. The van der Waals surface area contributed by atoms with Gasteiger partial charge in [-0.05, 0) is 17.7 Å². The molecule has 0 bridgehead atoms. The Morgan fingerprint density at radius 1 is 1.21 bits per heavy atom. The normalized spacial score (nSPS) is 13.5. The molecule has 1 aromatic carbocycles. The number of rotatable bonds is 3. The van der Waals surface area contributed by atoms with Crippen molar-refractivity contribution in [2.24, 2.45) is 0 Å². The van der Waals surface area contributed by atoms with E-state index in [-0.39, 0.29) is 12.3 Å². The molecule has 2 aromatic rings. The zero-order valence-electron chi connectivity index (χ0n) is 9.98. The number of nitrogens with zero attached hydrogens (tertiary/aromatic N) is 2. The van der Waals surface area contributed by atoms with Crippen LogP contribution in [0.1, 0.15) is 29.0 Å². The number of hydrogen-bond donors (Lipinski definition) is 1. The fourth-order valence-corrected chi connectivity index (χ4v) is 1.60. The zero-order chi connectivity index (χ0) is 14.0. The van der Waals surface area contributed by atoms with Crippen LogP contribution in [0.3, 0.4) is 0 Å². The Morgan fingerprint density at radius 3 is 2.32 bits per heavy atom. The Balaban J connectivity index is 2.09. The molecule has 1 aromatic heterocycles. The Bertz CT molecular complexity index is 549. The Kier molecular flexibility index (Phi) is 3.57. The summed E-state index contributed by atoms with van der Waals surface area (Å²) in [6.45, 7) is 1.61. The predicted octanol–water partition coefficient (Wildman–Crippen LogP) is 2.67. The van der Waals surface area contributed by atoms with Crippen molar-refractivity contribution in [2.45, 2.75) is 25.6 Å². The van der Waals surface area contributed by atoms with Gasteiger partial charge in [-0.1, -0.05) is 12.1 Å². The molecule has 0 unspecified atom stereocenters. The minimum absolute atomic E-state index is 0.0617. The lowest BCUT2D eigenvalue weighted by atomic mass is 10.0. The second-order valence-electron chi connectivity index (χ2n) is 4.05. The van der Waals surface area contributed by atoms with Crippen molar-refractivity contribution in [1.82, 2.24) is 10.2 Å². The molecule has 7 heteroatoms. The van der Waals surface area contributed by atoms with Gasteiger partial charge in [0.15, 0.2) is 0 Å². The first kappa shape index (κ1) is 13.5. The van der Waals surface area contributed by atoms with Gasteiger partial charge in [0.25, 0.3) is 0 Å². The highest BCUT2D eigenvalue weighted by atomic mass is 19.4. The van der Waals surface area contributed by atoms with Crippen LogP contribution in [0.4, 0.5) is 13.2 Å². The molecule has 1 N–H and O–H groups in total. The number of aryl methyl sites for hydroxylation is 1. The molecule has 0 fully saturated rings. The van der Waals surface area contributed by atoms with E-state index in [1.165, 1.54) is 12.1 Å². The maximum absolute atomic E-state index is 12.4. The smallest absolute Gasteiger partial charge is 0.416 e. The average molecular weight is 272 g/mol. The van der Waals surface area contributed by atoms with E-state index in [1.54, 1.807) is 6.92 Å². The van der Waals surface area contributed by atoms with Gasteiger partial charge < -0.3 is 9.52 Å². The van der Waals surface area contributed by atoms with Crippen LogP contribution in [0.5, 0.6) is 0 Å². The molecule has 4 nitrogen and oxygen atoms in total. The second-order valence-corrected chi connectivity index (χ2v) is 4.05. The van der Waals surface area contributed by atoms with Crippen molar-refractivity contribution >= 4 is 0 Å². The summed E-state index contributed by atoms with van der Waals surface area (Å²) in [5.41, 5.74) is -0.388. The molecule has 0 aliphatic carbocycles. The Hall–Kier alpha value is -1.89. The first-order valence-corrected chi connectivity index (χ1v) is 5.50. The summed E-state index contributed by atoms with van der Waals surface area (Å²) in [5, 5.41) is 17.2. The molecule has 0 spiro atoms. The van der Waals surface area contributed by atoms with Crippen molar-refractivity contribution in [3.05, 3.63) is 47.2 Å². The molecule has 19 heavy (non-hydrogen) atoms. The van der Waals surface area contributed by atoms with Crippen LogP contribution in [-0.2, 0) is 12.6 Å². The van der Waals surface area contributed by atoms with Crippen molar-refractivity contribution in [2.75, 3.05) is 0 Å². The molecule has 0 radical (unpaired) electrons. The van der Waals surface area contributed by atoms with Crippen LogP contribution in [0, 0.1) is 6.92 Å². The largest absolute Gasteiger partial charge is 0.425 e. The SMILES string of the molecule is Cc1nnc(C[C@H](O)c2ccc(C(F)(F)F)cc2)o1. The molecule has 1 heterocycles. The number of aliphatic hydroxyl groups is 1. The summed E-state index contributed by atoms with van der Waals surface area (Å²) in [6, 6.07) is 4.32. The quantitative estimate of drug-likeness (QED) is 0.933. The highest BCUT2D eigenvalue weighted by Gasteiger charge is 2.30. The first-order chi connectivity index (χ1) is 8.86. The summed E-state index contributed by atoms with van der Waals surface area (Å²) in [5.74, 6) is 0.611. The minimum Gasteiger partial charge on any atom is -0.425 e. The Labute approximate surface area is 106 Å². The molecule has 0 aliphatic heterocycles. The van der Waals surface area contributed by atoms with Gasteiger partial charge in [0.1, 0.15) is 0 Å². The predicted molar refractivity (Wildman–Crippen MR) is 59.1 cm³/mol. The van der Waals surface area contributed by atoms with Crippen LogP contribution >= 0.6 is 0 Å².